The molecule has 0 aliphatic heterocycles. The summed E-state index contributed by atoms with van der Waals surface area (Å²) in [6.07, 6.45) is 3.54. The summed E-state index contributed by atoms with van der Waals surface area (Å²) >= 11 is 0. The van der Waals surface area contributed by atoms with Crippen LogP contribution in [-0.4, -0.2) is 26.8 Å². The molecular formula is C13H19N5. The van der Waals surface area contributed by atoms with Crippen LogP contribution in [0.2, 0.25) is 0 Å². The highest BCUT2D eigenvalue weighted by atomic mass is 15.3. The molecule has 0 bridgehead atoms. The van der Waals surface area contributed by atoms with Gasteiger partial charge in [-0.3, -0.25) is 0 Å². The molecule has 2 heterocycles. The minimum atomic E-state index is 0.709. The molecule has 96 valence electrons. The van der Waals surface area contributed by atoms with Gasteiger partial charge in [-0.05, 0) is 6.07 Å². The highest BCUT2D eigenvalue weighted by molar-refractivity contribution is 5.42. The number of hydrogen-bond acceptors (Lipinski definition) is 4. The van der Waals surface area contributed by atoms with Crippen molar-refractivity contribution in [1.29, 1.82) is 0 Å². The van der Waals surface area contributed by atoms with Crippen LogP contribution in [-0.2, 0) is 19.4 Å². The monoisotopic (exact) mass is 245 g/mol. The predicted octanol–water partition coefficient (Wildman–Crippen LogP) is 1.89. The fraction of sp³-hybridized carbons (Fsp3) is 0.462. The van der Waals surface area contributed by atoms with Crippen molar-refractivity contribution in [3.63, 3.8) is 0 Å². The molecule has 5 heteroatoms. The Bertz CT molecular complexity index is 518. The summed E-state index contributed by atoms with van der Waals surface area (Å²) in [5.41, 5.74) is 1.13. The Morgan fingerprint density at radius 1 is 1.28 bits per heavy atom. The summed E-state index contributed by atoms with van der Waals surface area (Å²) in [6, 6.07) is 4.00. The number of anilines is 1. The van der Waals surface area contributed by atoms with Crippen LogP contribution in [0.5, 0.6) is 0 Å². The first-order valence-corrected chi connectivity index (χ1v) is 6.32. The topological polar surface area (TPSA) is 55.6 Å². The summed E-state index contributed by atoms with van der Waals surface area (Å²) in [5.74, 6) is 2.83. The average Bonchev–Trinajstić information content (AvgIpc) is 2.81. The lowest BCUT2D eigenvalue weighted by Crippen LogP contribution is -2.09. The van der Waals surface area contributed by atoms with Crippen LogP contribution in [0.25, 0.3) is 0 Å². The molecule has 0 aliphatic rings. The Balaban J connectivity index is 2.30. The molecule has 0 unspecified atom stereocenters. The van der Waals surface area contributed by atoms with Gasteiger partial charge in [-0.25, -0.2) is 14.6 Å². The smallest absolute Gasteiger partial charge is 0.150 e. The summed E-state index contributed by atoms with van der Waals surface area (Å²) in [4.78, 5) is 8.81. The van der Waals surface area contributed by atoms with Crippen molar-refractivity contribution in [2.24, 2.45) is 0 Å². The lowest BCUT2D eigenvalue weighted by molar-refractivity contribution is 0.636. The Labute approximate surface area is 107 Å². The van der Waals surface area contributed by atoms with Crippen molar-refractivity contribution in [3.05, 3.63) is 35.5 Å². The van der Waals surface area contributed by atoms with Crippen LogP contribution in [0.3, 0.4) is 0 Å². The van der Waals surface area contributed by atoms with E-state index in [0.717, 1.165) is 35.9 Å². The van der Waals surface area contributed by atoms with Gasteiger partial charge in [0.1, 0.15) is 11.6 Å². The molecule has 0 fully saturated rings. The lowest BCUT2D eigenvalue weighted by Gasteiger charge is -2.08. The normalized spacial score (nSPS) is 10.6. The zero-order valence-electron chi connectivity index (χ0n) is 11.1. The molecule has 0 saturated carbocycles. The summed E-state index contributed by atoms with van der Waals surface area (Å²) in [6.45, 7) is 4.88. The summed E-state index contributed by atoms with van der Waals surface area (Å²) in [7, 11) is 1.88. The molecule has 0 amide bonds. The number of nitrogens with zero attached hydrogens (tertiary/aromatic N) is 4. The van der Waals surface area contributed by atoms with Gasteiger partial charge in [0.15, 0.2) is 5.82 Å². The van der Waals surface area contributed by atoms with Crippen LogP contribution in [0, 0.1) is 0 Å². The number of pyridine rings is 1. The molecule has 5 nitrogen and oxygen atoms in total. The maximum atomic E-state index is 4.52. The van der Waals surface area contributed by atoms with Crippen LogP contribution >= 0.6 is 0 Å². The van der Waals surface area contributed by atoms with E-state index < -0.39 is 0 Å². The fourth-order valence-electron chi connectivity index (χ4n) is 1.92. The SMILES string of the molecule is CCc1nc(CC)n(Cc2cccnc2NC)n1. The largest absolute Gasteiger partial charge is 0.373 e. The molecule has 0 atom stereocenters. The molecule has 2 aromatic rings. The van der Waals surface area contributed by atoms with Gasteiger partial charge >= 0.3 is 0 Å². The second kappa shape index (κ2) is 5.62. The molecule has 18 heavy (non-hydrogen) atoms. The maximum Gasteiger partial charge on any atom is 0.150 e. The molecule has 0 aromatic carbocycles. The van der Waals surface area contributed by atoms with Crippen LogP contribution in [0.15, 0.2) is 18.3 Å². The minimum Gasteiger partial charge on any atom is -0.373 e. The van der Waals surface area contributed by atoms with Gasteiger partial charge in [-0.15, -0.1) is 0 Å². The molecule has 2 rings (SSSR count). The number of aromatic nitrogens is 4. The number of rotatable bonds is 5. The second-order valence-electron chi connectivity index (χ2n) is 4.07. The third kappa shape index (κ3) is 2.50. The molecule has 1 N–H and O–H groups in total. The fourth-order valence-corrected chi connectivity index (χ4v) is 1.92. The summed E-state index contributed by atoms with van der Waals surface area (Å²) in [5, 5.41) is 7.62. The van der Waals surface area contributed by atoms with E-state index >= 15 is 0 Å². The van der Waals surface area contributed by atoms with Gasteiger partial charge in [0, 0.05) is 31.6 Å². The van der Waals surface area contributed by atoms with Crippen molar-refractivity contribution in [2.75, 3.05) is 12.4 Å². The van der Waals surface area contributed by atoms with Gasteiger partial charge in [0.25, 0.3) is 0 Å². The number of hydrogen-bond donors (Lipinski definition) is 1. The van der Waals surface area contributed by atoms with Crippen LogP contribution in [0.4, 0.5) is 5.82 Å². The van der Waals surface area contributed by atoms with E-state index in [9.17, 15) is 0 Å². The quantitative estimate of drug-likeness (QED) is 0.874. The van der Waals surface area contributed by atoms with E-state index in [0.29, 0.717) is 6.54 Å². The first-order chi connectivity index (χ1) is 8.78. The van der Waals surface area contributed by atoms with Crippen molar-refractivity contribution in [1.82, 2.24) is 19.7 Å². The van der Waals surface area contributed by atoms with Crippen molar-refractivity contribution < 1.29 is 0 Å². The minimum absolute atomic E-state index is 0.709. The zero-order valence-corrected chi connectivity index (χ0v) is 11.1. The van der Waals surface area contributed by atoms with E-state index in [4.69, 9.17) is 0 Å². The molecule has 0 saturated heterocycles. The van der Waals surface area contributed by atoms with Crippen molar-refractivity contribution >= 4 is 5.82 Å². The highest BCUT2D eigenvalue weighted by Crippen LogP contribution is 2.13. The van der Waals surface area contributed by atoms with E-state index in [1.54, 1.807) is 6.20 Å². The van der Waals surface area contributed by atoms with Crippen LogP contribution < -0.4 is 5.32 Å². The van der Waals surface area contributed by atoms with Crippen molar-refractivity contribution in [3.8, 4) is 0 Å². The third-order valence-electron chi connectivity index (χ3n) is 2.87. The van der Waals surface area contributed by atoms with E-state index in [-0.39, 0.29) is 0 Å². The first-order valence-electron chi connectivity index (χ1n) is 6.32. The zero-order chi connectivity index (χ0) is 13.0. The van der Waals surface area contributed by atoms with Gasteiger partial charge in [-0.2, -0.15) is 5.10 Å². The Kier molecular flexibility index (Phi) is 3.92. The molecule has 0 spiro atoms. The van der Waals surface area contributed by atoms with Crippen LogP contribution in [0.1, 0.15) is 31.1 Å². The van der Waals surface area contributed by atoms with Gasteiger partial charge in [0.2, 0.25) is 0 Å². The average molecular weight is 245 g/mol. The molecule has 0 aliphatic carbocycles. The molecule has 2 aromatic heterocycles. The van der Waals surface area contributed by atoms with E-state index in [1.165, 1.54) is 0 Å². The highest BCUT2D eigenvalue weighted by Gasteiger charge is 2.09. The lowest BCUT2D eigenvalue weighted by atomic mass is 10.2. The first kappa shape index (κ1) is 12.5. The number of nitrogens with one attached hydrogen (secondary N) is 1. The summed E-state index contributed by atoms with van der Waals surface area (Å²) < 4.78 is 1.97. The predicted molar refractivity (Wildman–Crippen MR) is 71.7 cm³/mol. The van der Waals surface area contributed by atoms with Gasteiger partial charge in [-0.1, -0.05) is 19.9 Å². The molecular weight excluding hydrogens is 226 g/mol. The second-order valence-corrected chi connectivity index (χ2v) is 4.07. The van der Waals surface area contributed by atoms with E-state index in [1.807, 2.05) is 17.8 Å². The maximum absolute atomic E-state index is 4.52. The van der Waals surface area contributed by atoms with Gasteiger partial charge in [0.05, 0.1) is 6.54 Å². The van der Waals surface area contributed by atoms with Gasteiger partial charge < -0.3 is 5.32 Å². The standard InChI is InChI=1S/C13H19N5/c1-4-11-16-12(5-2)18(17-11)9-10-7-6-8-15-13(10)14-3/h6-8H,4-5,9H2,1-3H3,(H,14,15). The Hall–Kier alpha value is -1.91. The van der Waals surface area contributed by atoms with Crippen molar-refractivity contribution in [2.45, 2.75) is 33.2 Å². The number of aryl methyl sites for hydroxylation is 2. The molecule has 0 radical (unpaired) electrons. The Morgan fingerprint density at radius 2 is 2.11 bits per heavy atom. The third-order valence-corrected chi connectivity index (χ3v) is 2.87. The van der Waals surface area contributed by atoms with E-state index in [2.05, 4.69) is 40.3 Å². The Morgan fingerprint density at radius 3 is 2.78 bits per heavy atom.